The van der Waals surface area contributed by atoms with Crippen LogP contribution in [0, 0.1) is 6.92 Å². The van der Waals surface area contributed by atoms with E-state index < -0.39 is 12.1 Å². The summed E-state index contributed by atoms with van der Waals surface area (Å²) in [4.78, 5) is 15.1. The zero-order valence-corrected chi connectivity index (χ0v) is 8.52. The lowest BCUT2D eigenvalue weighted by atomic mass is 10.0. The molecule has 1 aromatic rings. The van der Waals surface area contributed by atoms with Crippen LogP contribution < -0.4 is 4.74 Å². The van der Waals surface area contributed by atoms with Crippen molar-refractivity contribution in [1.29, 1.82) is 0 Å². The third-order valence-corrected chi connectivity index (χ3v) is 2.31. The monoisotopic (exact) mass is 205 g/mol. The van der Waals surface area contributed by atoms with E-state index in [4.69, 9.17) is 9.84 Å². The first-order valence-corrected chi connectivity index (χ1v) is 4.67. The molecule has 78 valence electrons. The van der Waals surface area contributed by atoms with Crippen molar-refractivity contribution in [2.24, 2.45) is 0 Å². The molecular formula is C11H11NO3. The summed E-state index contributed by atoms with van der Waals surface area (Å²) in [6.45, 7) is 3.57. The van der Waals surface area contributed by atoms with Crippen molar-refractivity contribution < 1.29 is 14.6 Å². The maximum Gasteiger partial charge on any atom is 0.335 e. The van der Waals surface area contributed by atoms with Gasteiger partial charge in [-0.15, -0.1) is 0 Å². The molecule has 0 amide bonds. The van der Waals surface area contributed by atoms with Crippen LogP contribution in [0.5, 0.6) is 5.88 Å². The summed E-state index contributed by atoms with van der Waals surface area (Å²) in [5, 5.41) is 8.92. The van der Waals surface area contributed by atoms with Gasteiger partial charge in [-0.2, -0.15) is 0 Å². The molecule has 0 aliphatic carbocycles. The molecule has 1 aliphatic heterocycles. The van der Waals surface area contributed by atoms with Gasteiger partial charge in [-0.3, -0.25) is 0 Å². The number of nitrogens with zero attached hydrogens (tertiary/aromatic N) is 1. The molecule has 0 fully saturated rings. The Morgan fingerprint density at radius 3 is 2.93 bits per heavy atom. The van der Waals surface area contributed by atoms with E-state index in [9.17, 15) is 4.79 Å². The van der Waals surface area contributed by atoms with Crippen molar-refractivity contribution >= 4 is 12.0 Å². The minimum atomic E-state index is -0.950. The van der Waals surface area contributed by atoms with Gasteiger partial charge >= 0.3 is 5.97 Å². The van der Waals surface area contributed by atoms with Crippen molar-refractivity contribution in [3.8, 4) is 5.88 Å². The van der Waals surface area contributed by atoms with E-state index in [1.807, 2.05) is 19.1 Å². The average molecular weight is 205 g/mol. The Morgan fingerprint density at radius 2 is 2.27 bits per heavy atom. The number of hydrogen-bond acceptors (Lipinski definition) is 3. The maximum absolute atomic E-state index is 10.9. The highest BCUT2D eigenvalue weighted by Crippen LogP contribution is 2.27. The lowest BCUT2D eigenvalue weighted by Gasteiger charge is -2.21. The number of carboxylic acid groups (broad SMARTS) is 1. The number of rotatable bonds is 1. The van der Waals surface area contributed by atoms with Crippen LogP contribution in [-0.2, 0) is 4.79 Å². The second-order valence-corrected chi connectivity index (χ2v) is 3.51. The molecule has 0 spiro atoms. The van der Waals surface area contributed by atoms with Gasteiger partial charge in [0.2, 0.25) is 5.88 Å². The number of pyridine rings is 1. The van der Waals surface area contributed by atoms with E-state index >= 15 is 0 Å². The molecule has 4 nitrogen and oxygen atoms in total. The Labute approximate surface area is 87.2 Å². The van der Waals surface area contributed by atoms with E-state index in [-0.39, 0.29) is 5.57 Å². The molecular weight excluding hydrogens is 194 g/mol. The molecule has 1 unspecified atom stereocenters. The van der Waals surface area contributed by atoms with Crippen LogP contribution in [0.2, 0.25) is 0 Å². The van der Waals surface area contributed by atoms with Crippen molar-refractivity contribution in [3.63, 3.8) is 0 Å². The van der Waals surface area contributed by atoms with Crippen LogP contribution in [-0.4, -0.2) is 22.2 Å². The molecule has 2 rings (SSSR count). The maximum atomic E-state index is 10.9. The second kappa shape index (κ2) is 3.38. The van der Waals surface area contributed by atoms with Crippen LogP contribution in [0.1, 0.15) is 18.2 Å². The first-order chi connectivity index (χ1) is 7.08. The Hall–Kier alpha value is -1.84. The predicted molar refractivity (Wildman–Crippen MR) is 54.7 cm³/mol. The third kappa shape index (κ3) is 1.70. The fourth-order valence-corrected chi connectivity index (χ4v) is 1.50. The Morgan fingerprint density at radius 1 is 1.53 bits per heavy atom. The van der Waals surface area contributed by atoms with Crippen molar-refractivity contribution in [2.75, 3.05) is 0 Å². The topological polar surface area (TPSA) is 59.4 Å². The normalized spacial score (nSPS) is 18.8. The number of aliphatic carboxylic acids is 1. The number of ether oxygens (including phenoxy) is 1. The molecule has 0 aromatic carbocycles. The Bertz CT molecular complexity index is 451. The van der Waals surface area contributed by atoms with Crippen molar-refractivity contribution in [3.05, 3.63) is 29.0 Å². The minimum Gasteiger partial charge on any atom is -0.478 e. The first-order valence-electron chi connectivity index (χ1n) is 4.67. The lowest BCUT2D eigenvalue weighted by Crippen LogP contribution is -2.24. The molecule has 1 atom stereocenters. The smallest absolute Gasteiger partial charge is 0.335 e. The van der Waals surface area contributed by atoms with Gasteiger partial charge < -0.3 is 9.84 Å². The zero-order valence-electron chi connectivity index (χ0n) is 8.52. The van der Waals surface area contributed by atoms with Crippen LogP contribution in [0.15, 0.2) is 17.7 Å². The van der Waals surface area contributed by atoms with E-state index in [0.29, 0.717) is 5.88 Å². The van der Waals surface area contributed by atoms with Crippen LogP contribution in [0.3, 0.4) is 0 Å². The van der Waals surface area contributed by atoms with Crippen LogP contribution in [0.25, 0.3) is 6.08 Å². The van der Waals surface area contributed by atoms with Gasteiger partial charge in [-0.05, 0) is 32.1 Å². The van der Waals surface area contributed by atoms with Crippen molar-refractivity contribution in [1.82, 2.24) is 4.98 Å². The van der Waals surface area contributed by atoms with E-state index in [2.05, 4.69) is 4.98 Å². The zero-order chi connectivity index (χ0) is 11.0. The fraction of sp³-hybridized carbons (Fsp3) is 0.273. The van der Waals surface area contributed by atoms with Gasteiger partial charge in [-0.1, -0.05) is 0 Å². The van der Waals surface area contributed by atoms with E-state index in [1.54, 1.807) is 13.0 Å². The standard InChI is InChI=1S/C11H11NO3/c1-6-3-4-8-5-9(11(13)14)7(2)15-10(8)12-6/h3-5,7H,1-2H3,(H,13,14). The quantitative estimate of drug-likeness (QED) is 0.757. The highest BCUT2D eigenvalue weighted by atomic mass is 16.5. The molecule has 1 aliphatic rings. The SMILES string of the molecule is Cc1ccc2c(n1)OC(C)C(C(=O)O)=C2. The number of aromatic nitrogens is 1. The van der Waals surface area contributed by atoms with Crippen LogP contribution >= 0.6 is 0 Å². The molecule has 15 heavy (non-hydrogen) atoms. The summed E-state index contributed by atoms with van der Waals surface area (Å²) in [6, 6.07) is 3.64. The van der Waals surface area contributed by atoms with Crippen LogP contribution in [0.4, 0.5) is 0 Å². The number of hydrogen-bond donors (Lipinski definition) is 1. The van der Waals surface area contributed by atoms with Gasteiger partial charge in [0.25, 0.3) is 0 Å². The third-order valence-electron chi connectivity index (χ3n) is 2.31. The fourth-order valence-electron chi connectivity index (χ4n) is 1.50. The molecule has 1 N–H and O–H groups in total. The number of fused-ring (bicyclic) bond motifs is 1. The Kier molecular flexibility index (Phi) is 2.19. The summed E-state index contributed by atoms with van der Waals surface area (Å²) in [7, 11) is 0. The largest absolute Gasteiger partial charge is 0.478 e. The molecule has 1 aromatic heterocycles. The highest BCUT2D eigenvalue weighted by Gasteiger charge is 2.24. The summed E-state index contributed by atoms with van der Waals surface area (Å²) in [5.41, 5.74) is 1.83. The lowest BCUT2D eigenvalue weighted by molar-refractivity contribution is -0.133. The van der Waals surface area contributed by atoms with Gasteiger partial charge in [0.05, 0.1) is 5.57 Å². The molecule has 0 saturated carbocycles. The first kappa shape index (κ1) is 9.71. The predicted octanol–water partition coefficient (Wildman–Crippen LogP) is 1.64. The summed E-state index contributed by atoms with van der Waals surface area (Å²) >= 11 is 0. The van der Waals surface area contributed by atoms with E-state index in [1.165, 1.54) is 0 Å². The highest BCUT2D eigenvalue weighted by molar-refractivity contribution is 5.94. The summed E-state index contributed by atoms with van der Waals surface area (Å²) in [6.07, 6.45) is 1.16. The number of carbonyl (C=O) groups is 1. The Balaban J connectivity index is 2.50. The van der Waals surface area contributed by atoms with Gasteiger partial charge in [0.15, 0.2) is 0 Å². The van der Waals surface area contributed by atoms with Gasteiger partial charge in [-0.25, -0.2) is 9.78 Å². The summed E-state index contributed by atoms with van der Waals surface area (Å²) < 4.78 is 5.43. The molecule has 0 radical (unpaired) electrons. The second-order valence-electron chi connectivity index (χ2n) is 3.51. The molecule has 2 heterocycles. The van der Waals surface area contributed by atoms with Crippen molar-refractivity contribution in [2.45, 2.75) is 20.0 Å². The van der Waals surface area contributed by atoms with Gasteiger partial charge in [0.1, 0.15) is 6.10 Å². The minimum absolute atomic E-state index is 0.258. The number of aryl methyl sites for hydroxylation is 1. The molecule has 0 bridgehead atoms. The molecule has 4 heteroatoms. The van der Waals surface area contributed by atoms with Gasteiger partial charge in [0, 0.05) is 11.3 Å². The summed E-state index contributed by atoms with van der Waals surface area (Å²) in [5.74, 6) is -0.443. The average Bonchev–Trinajstić information content (AvgIpc) is 2.15. The van der Waals surface area contributed by atoms with E-state index in [0.717, 1.165) is 11.3 Å². The molecule has 0 saturated heterocycles. The number of carboxylic acids is 1.